The van der Waals surface area contributed by atoms with Gasteiger partial charge in [-0.2, -0.15) is 4.31 Å². The van der Waals surface area contributed by atoms with E-state index in [1.807, 2.05) is 0 Å². The second-order valence-corrected chi connectivity index (χ2v) is 9.61. The van der Waals surface area contributed by atoms with Crippen molar-refractivity contribution in [2.75, 3.05) is 12.4 Å². The van der Waals surface area contributed by atoms with E-state index in [1.54, 1.807) is 31.3 Å². The molecule has 3 aromatic rings. The van der Waals surface area contributed by atoms with Gasteiger partial charge in [0.2, 0.25) is 22.3 Å². The van der Waals surface area contributed by atoms with Gasteiger partial charge in [-0.1, -0.05) is 25.3 Å². The number of hydrogen-bond donors (Lipinski definition) is 1. The molecule has 0 unspecified atom stereocenters. The van der Waals surface area contributed by atoms with Gasteiger partial charge in [0.05, 0.1) is 4.90 Å². The normalized spacial score (nSPS) is 15.2. The molecule has 1 N–H and O–H groups in total. The predicted molar refractivity (Wildman–Crippen MR) is 116 cm³/mol. The van der Waals surface area contributed by atoms with Crippen molar-refractivity contribution >= 4 is 21.6 Å². The Morgan fingerprint density at radius 3 is 2.52 bits per heavy atom. The van der Waals surface area contributed by atoms with Crippen LogP contribution in [0.5, 0.6) is 0 Å². The van der Waals surface area contributed by atoms with E-state index in [1.165, 1.54) is 35.0 Å². The number of amides is 1. The molecule has 2 aromatic carbocycles. The molecular weight excluding hydrogens is 416 g/mol. The second-order valence-electron chi connectivity index (χ2n) is 7.62. The summed E-state index contributed by atoms with van der Waals surface area (Å²) in [5.74, 6) is 0.0139. The van der Waals surface area contributed by atoms with E-state index in [2.05, 4.69) is 15.5 Å². The van der Waals surface area contributed by atoms with Crippen LogP contribution in [0.3, 0.4) is 0 Å². The molecule has 8 nitrogen and oxygen atoms in total. The van der Waals surface area contributed by atoms with Crippen LogP contribution in [0.1, 0.15) is 42.5 Å². The molecule has 1 aromatic heterocycles. The van der Waals surface area contributed by atoms with Crippen molar-refractivity contribution in [2.24, 2.45) is 0 Å². The van der Waals surface area contributed by atoms with Gasteiger partial charge in [0.25, 0.3) is 5.91 Å². The number of carbonyl (C=O) groups is 1. The highest BCUT2D eigenvalue weighted by atomic mass is 32.2. The Balaban J connectivity index is 1.46. The van der Waals surface area contributed by atoms with Crippen LogP contribution in [-0.2, 0) is 10.0 Å². The quantitative estimate of drug-likeness (QED) is 0.622. The van der Waals surface area contributed by atoms with Crippen LogP contribution in [0, 0.1) is 0 Å². The molecule has 0 atom stereocenters. The maximum Gasteiger partial charge on any atom is 0.255 e. The molecule has 162 valence electrons. The van der Waals surface area contributed by atoms with Gasteiger partial charge in [-0.15, -0.1) is 10.2 Å². The van der Waals surface area contributed by atoms with Crippen molar-refractivity contribution < 1.29 is 17.6 Å². The third kappa shape index (κ3) is 4.67. The van der Waals surface area contributed by atoms with Gasteiger partial charge in [-0.25, -0.2) is 8.42 Å². The van der Waals surface area contributed by atoms with E-state index in [0.717, 1.165) is 32.1 Å². The molecule has 31 heavy (non-hydrogen) atoms. The lowest BCUT2D eigenvalue weighted by molar-refractivity contribution is 0.102. The average molecular weight is 441 g/mol. The smallest absolute Gasteiger partial charge is 0.255 e. The molecule has 0 aliphatic heterocycles. The number of anilines is 1. The lowest BCUT2D eigenvalue weighted by Gasteiger charge is -2.30. The molecular formula is C22H24N4O4S. The van der Waals surface area contributed by atoms with Crippen molar-refractivity contribution in [1.82, 2.24) is 14.5 Å². The first kappa shape index (κ1) is 21.2. The zero-order valence-corrected chi connectivity index (χ0v) is 18.0. The number of rotatable bonds is 6. The molecule has 0 spiro atoms. The SMILES string of the molecule is CN(C1CCCCC1)S(=O)(=O)c1ccc(C(=O)Nc2cccc(-c3nnco3)c2)cc1. The number of nitrogens with one attached hydrogen (secondary N) is 1. The van der Waals surface area contributed by atoms with Crippen LogP contribution < -0.4 is 5.32 Å². The molecule has 9 heteroatoms. The molecule has 1 heterocycles. The van der Waals surface area contributed by atoms with Crippen LogP contribution in [0.15, 0.2) is 64.2 Å². The van der Waals surface area contributed by atoms with E-state index < -0.39 is 10.0 Å². The van der Waals surface area contributed by atoms with Crippen LogP contribution in [-0.4, -0.2) is 41.9 Å². The Hall–Kier alpha value is -3.04. The fraction of sp³-hybridized carbons (Fsp3) is 0.318. The molecule has 0 radical (unpaired) electrons. The summed E-state index contributed by atoms with van der Waals surface area (Å²) >= 11 is 0. The fourth-order valence-corrected chi connectivity index (χ4v) is 5.23. The molecule has 4 rings (SSSR count). The van der Waals surface area contributed by atoms with E-state index in [0.29, 0.717) is 22.7 Å². The second kappa shape index (κ2) is 8.99. The van der Waals surface area contributed by atoms with Gasteiger partial charge in [-0.3, -0.25) is 4.79 Å². The van der Waals surface area contributed by atoms with Crippen molar-refractivity contribution in [3.8, 4) is 11.5 Å². The summed E-state index contributed by atoms with van der Waals surface area (Å²) in [4.78, 5) is 12.8. The molecule has 1 aliphatic carbocycles. The third-order valence-electron chi connectivity index (χ3n) is 5.61. The first-order valence-corrected chi connectivity index (χ1v) is 11.7. The molecule has 1 amide bonds. The van der Waals surface area contributed by atoms with Gasteiger partial charge in [0, 0.05) is 29.9 Å². The zero-order chi connectivity index (χ0) is 21.8. The molecule has 1 fully saturated rings. The topological polar surface area (TPSA) is 105 Å². The minimum absolute atomic E-state index is 0.0350. The van der Waals surface area contributed by atoms with Crippen LogP contribution in [0.2, 0.25) is 0 Å². The summed E-state index contributed by atoms with van der Waals surface area (Å²) in [6.45, 7) is 0. The zero-order valence-electron chi connectivity index (χ0n) is 17.2. The Bertz CT molecular complexity index is 1140. The number of carbonyl (C=O) groups excluding carboxylic acids is 1. The number of aromatic nitrogens is 2. The summed E-state index contributed by atoms with van der Waals surface area (Å²) in [5.41, 5.74) is 1.61. The van der Waals surface area contributed by atoms with E-state index in [9.17, 15) is 13.2 Å². The number of nitrogens with zero attached hydrogens (tertiary/aromatic N) is 3. The van der Waals surface area contributed by atoms with Gasteiger partial charge in [0.15, 0.2) is 0 Å². The minimum atomic E-state index is -3.59. The summed E-state index contributed by atoms with van der Waals surface area (Å²) < 4.78 is 32.6. The number of hydrogen-bond acceptors (Lipinski definition) is 6. The lowest BCUT2D eigenvalue weighted by Crippen LogP contribution is -2.38. The number of benzene rings is 2. The highest BCUT2D eigenvalue weighted by Crippen LogP contribution is 2.27. The molecule has 1 saturated carbocycles. The van der Waals surface area contributed by atoms with Gasteiger partial charge < -0.3 is 9.73 Å². The lowest BCUT2D eigenvalue weighted by atomic mass is 9.96. The Morgan fingerprint density at radius 2 is 1.84 bits per heavy atom. The summed E-state index contributed by atoms with van der Waals surface area (Å²) in [6, 6.07) is 13.1. The Kier molecular flexibility index (Phi) is 6.15. The monoisotopic (exact) mass is 440 g/mol. The molecule has 0 bridgehead atoms. The van der Waals surface area contributed by atoms with E-state index in [4.69, 9.17) is 4.42 Å². The highest BCUT2D eigenvalue weighted by Gasteiger charge is 2.29. The van der Waals surface area contributed by atoms with Crippen LogP contribution in [0.4, 0.5) is 5.69 Å². The maximum absolute atomic E-state index is 13.0. The van der Waals surface area contributed by atoms with Crippen LogP contribution in [0.25, 0.3) is 11.5 Å². The highest BCUT2D eigenvalue weighted by molar-refractivity contribution is 7.89. The average Bonchev–Trinajstić information content (AvgIpc) is 3.34. The van der Waals surface area contributed by atoms with Gasteiger partial charge in [0.1, 0.15) is 0 Å². The summed E-state index contributed by atoms with van der Waals surface area (Å²) in [7, 11) is -1.95. The first-order valence-electron chi connectivity index (χ1n) is 10.2. The third-order valence-corrected chi connectivity index (χ3v) is 7.53. The Morgan fingerprint density at radius 1 is 1.10 bits per heavy atom. The fourth-order valence-electron chi connectivity index (χ4n) is 3.82. The largest absolute Gasteiger partial charge is 0.423 e. The minimum Gasteiger partial charge on any atom is -0.423 e. The van der Waals surface area contributed by atoms with Gasteiger partial charge in [-0.05, 0) is 55.3 Å². The first-order chi connectivity index (χ1) is 14.9. The summed E-state index contributed by atoms with van der Waals surface area (Å²) in [5, 5.41) is 10.3. The van der Waals surface area contributed by atoms with Crippen molar-refractivity contribution in [3.05, 3.63) is 60.5 Å². The van der Waals surface area contributed by atoms with E-state index >= 15 is 0 Å². The van der Waals surface area contributed by atoms with Gasteiger partial charge >= 0.3 is 0 Å². The summed E-state index contributed by atoms with van der Waals surface area (Å²) in [6.07, 6.45) is 6.28. The van der Waals surface area contributed by atoms with E-state index in [-0.39, 0.29) is 16.8 Å². The van der Waals surface area contributed by atoms with Crippen molar-refractivity contribution in [1.29, 1.82) is 0 Å². The van der Waals surface area contributed by atoms with Crippen molar-refractivity contribution in [2.45, 2.75) is 43.0 Å². The molecule has 1 aliphatic rings. The van der Waals surface area contributed by atoms with Crippen molar-refractivity contribution in [3.63, 3.8) is 0 Å². The van der Waals surface area contributed by atoms with Crippen LogP contribution >= 0.6 is 0 Å². The number of sulfonamides is 1. The Labute approximate surface area is 181 Å². The molecule has 0 saturated heterocycles. The predicted octanol–water partition coefficient (Wildman–Crippen LogP) is 3.94. The standard InChI is InChI=1S/C22H24N4O4S/c1-26(19-8-3-2-4-9-19)31(28,29)20-12-10-16(11-13-20)21(27)24-18-7-5-6-17(14-18)22-25-23-15-30-22/h5-7,10-15,19H,2-4,8-9H2,1H3,(H,24,27). The maximum atomic E-state index is 13.0.